The van der Waals surface area contributed by atoms with Crippen molar-refractivity contribution in [3.05, 3.63) is 0 Å². The van der Waals surface area contributed by atoms with E-state index < -0.39 is 0 Å². The number of morpholine rings is 1. The van der Waals surface area contributed by atoms with Crippen molar-refractivity contribution in [1.29, 1.82) is 0 Å². The van der Waals surface area contributed by atoms with Gasteiger partial charge in [0.15, 0.2) is 0 Å². The number of hydrogen-bond donors (Lipinski definition) is 2. The molecule has 1 saturated heterocycles. The maximum atomic E-state index is 11.7. The molecule has 106 valence electrons. The zero-order valence-electron chi connectivity index (χ0n) is 11.9. The Balaban J connectivity index is 2.15. The molecule has 5 nitrogen and oxygen atoms in total. The van der Waals surface area contributed by atoms with E-state index in [0.717, 1.165) is 45.9 Å². The van der Waals surface area contributed by atoms with Crippen LogP contribution in [0.15, 0.2) is 0 Å². The highest BCUT2D eigenvalue weighted by molar-refractivity contribution is 5.78. The Labute approximate surface area is 110 Å². The largest absolute Gasteiger partial charge is 0.379 e. The average molecular weight is 257 g/mol. The van der Waals surface area contributed by atoms with E-state index in [2.05, 4.69) is 22.5 Å². The fraction of sp³-hybridized carbons (Fsp3) is 0.923. The van der Waals surface area contributed by atoms with Crippen molar-refractivity contribution in [1.82, 2.24) is 15.5 Å². The third-order valence-electron chi connectivity index (χ3n) is 3.26. The zero-order valence-corrected chi connectivity index (χ0v) is 11.9. The van der Waals surface area contributed by atoms with E-state index in [1.807, 2.05) is 14.0 Å². The molecule has 2 unspecified atom stereocenters. The summed E-state index contributed by atoms with van der Waals surface area (Å²) in [7, 11) is 1.87. The summed E-state index contributed by atoms with van der Waals surface area (Å²) < 4.78 is 5.32. The maximum Gasteiger partial charge on any atom is 0.224 e. The summed E-state index contributed by atoms with van der Waals surface area (Å²) in [6.07, 6.45) is 0. The minimum Gasteiger partial charge on any atom is -0.379 e. The fourth-order valence-corrected chi connectivity index (χ4v) is 2.14. The fourth-order valence-electron chi connectivity index (χ4n) is 2.14. The first-order chi connectivity index (χ1) is 8.63. The van der Waals surface area contributed by atoms with Crippen LogP contribution in [0.1, 0.15) is 13.8 Å². The Morgan fingerprint density at radius 2 is 1.94 bits per heavy atom. The monoisotopic (exact) mass is 257 g/mol. The molecule has 1 aliphatic rings. The minimum absolute atomic E-state index is 0.0330. The van der Waals surface area contributed by atoms with Crippen LogP contribution in [0.2, 0.25) is 0 Å². The second-order valence-corrected chi connectivity index (χ2v) is 5.22. The summed E-state index contributed by atoms with van der Waals surface area (Å²) in [5.74, 6) is 0.651. The molecule has 5 heteroatoms. The van der Waals surface area contributed by atoms with Gasteiger partial charge in [0.25, 0.3) is 0 Å². The summed E-state index contributed by atoms with van der Waals surface area (Å²) >= 11 is 0. The SMILES string of the molecule is CNCC(C)C(=O)NCC(C)CN1CCOCC1. The van der Waals surface area contributed by atoms with Gasteiger partial charge in [0.05, 0.1) is 13.2 Å². The van der Waals surface area contributed by atoms with E-state index in [-0.39, 0.29) is 11.8 Å². The van der Waals surface area contributed by atoms with Crippen LogP contribution in [-0.4, -0.2) is 63.8 Å². The predicted molar refractivity (Wildman–Crippen MR) is 72.5 cm³/mol. The second-order valence-electron chi connectivity index (χ2n) is 5.22. The average Bonchev–Trinajstić information content (AvgIpc) is 2.37. The quantitative estimate of drug-likeness (QED) is 0.670. The van der Waals surface area contributed by atoms with Crippen molar-refractivity contribution in [3.63, 3.8) is 0 Å². The number of nitrogens with one attached hydrogen (secondary N) is 2. The molecular formula is C13H27N3O2. The van der Waals surface area contributed by atoms with E-state index in [1.54, 1.807) is 0 Å². The Morgan fingerprint density at radius 1 is 1.28 bits per heavy atom. The third-order valence-corrected chi connectivity index (χ3v) is 3.26. The van der Waals surface area contributed by atoms with Gasteiger partial charge in [-0.2, -0.15) is 0 Å². The first-order valence-corrected chi connectivity index (χ1v) is 6.86. The molecular weight excluding hydrogens is 230 g/mol. The molecule has 1 fully saturated rings. The molecule has 0 aliphatic carbocycles. The molecule has 0 aromatic carbocycles. The number of amides is 1. The van der Waals surface area contributed by atoms with E-state index in [0.29, 0.717) is 5.92 Å². The molecule has 0 spiro atoms. The van der Waals surface area contributed by atoms with Gasteiger partial charge in [0.2, 0.25) is 5.91 Å². The van der Waals surface area contributed by atoms with Crippen molar-refractivity contribution >= 4 is 5.91 Å². The lowest BCUT2D eigenvalue weighted by Crippen LogP contribution is -2.42. The maximum absolute atomic E-state index is 11.7. The van der Waals surface area contributed by atoms with E-state index in [9.17, 15) is 4.79 Å². The van der Waals surface area contributed by atoms with Gasteiger partial charge in [-0.25, -0.2) is 0 Å². The number of carbonyl (C=O) groups is 1. The number of rotatable bonds is 7. The standard InChI is InChI=1S/C13H27N3O2/c1-11(10-16-4-6-18-7-5-16)8-15-13(17)12(2)9-14-3/h11-12,14H,4-10H2,1-3H3,(H,15,17). The molecule has 0 bridgehead atoms. The molecule has 0 radical (unpaired) electrons. The van der Waals surface area contributed by atoms with Gasteiger partial charge in [0, 0.05) is 38.6 Å². The minimum atomic E-state index is 0.0330. The predicted octanol–water partition coefficient (Wildman–Crippen LogP) is -0.0736. The summed E-state index contributed by atoms with van der Waals surface area (Å²) in [5.41, 5.74) is 0. The highest BCUT2D eigenvalue weighted by Crippen LogP contribution is 2.03. The lowest BCUT2D eigenvalue weighted by Gasteiger charge is -2.29. The summed E-state index contributed by atoms with van der Waals surface area (Å²) in [6, 6.07) is 0. The van der Waals surface area contributed by atoms with Gasteiger partial charge >= 0.3 is 0 Å². The summed E-state index contributed by atoms with van der Waals surface area (Å²) in [6.45, 7) is 10.3. The molecule has 1 rings (SSSR count). The number of nitrogens with zero attached hydrogens (tertiary/aromatic N) is 1. The van der Waals surface area contributed by atoms with Crippen molar-refractivity contribution in [2.45, 2.75) is 13.8 Å². The van der Waals surface area contributed by atoms with Crippen molar-refractivity contribution in [2.24, 2.45) is 11.8 Å². The topological polar surface area (TPSA) is 53.6 Å². The van der Waals surface area contributed by atoms with Gasteiger partial charge in [0.1, 0.15) is 0 Å². The Morgan fingerprint density at radius 3 is 2.56 bits per heavy atom. The van der Waals surface area contributed by atoms with Crippen LogP contribution in [0.25, 0.3) is 0 Å². The highest BCUT2D eigenvalue weighted by Gasteiger charge is 2.16. The third kappa shape index (κ3) is 5.80. The molecule has 0 aromatic heterocycles. The summed E-state index contributed by atoms with van der Waals surface area (Å²) in [5, 5.41) is 6.04. The normalized spacial score (nSPS) is 20.4. The van der Waals surface area contributed by atoms with Crippen LogP contribution in [0.3, 0.4) is 0 Å². The molecule has 1 heterocycles. The number of carbonyl (C=O) groups excluding carboxylic acids is 1. The summed E-state index contributed by atoms with van der Waals surface area (Å²) in [4.78, 5) is 14.1. The van der Waals surface area contributed by atoms with Crippen molar-refractivity contribution in [3.8, 4) is 0 Å². The van der Waals surface area contributed by atoms with E-state index >= 15 is 0 Å². The van der Waals surface area contributed by atoms with Crippen molar-refractivity contribution < 1.29 is 9.53 Å². The lowest BCUT2D eigenvalue weighted by atomic mass is 10.1. The van der Waals surface area contributed by atoms with Crippen LogP contribution >= 0.6 is 0 Å². The Bertz CT molecular complexity index is 242. The Kier molecular flexibility index (Phi) is 7.23. The zero-order chi connectivity index (χ0) is 13.4. The number of hydrogen-bond acceptors (Lipinski definition) is 4. The van der Waals surface area contributed by atoms with E-state index in [1.165, 1.54) is 0 Å². The van der Waals surface area contributed by atoms with Gasteiger partial charge in [-0.15, -0.1) is 0 Å². The van der Waals surface area contributed by atoms with Crippen LogP contribution < -0.4 is 10.6 Å². The number of ether oxygens (including phenoxy) is 1. The van der Waals surface area contributed by atoms with Crippen LogP contribution in [0, 0.1) is 11.8 Å². The molecule has 1 amide bonds. The lowest BCUT2D eigenvalue weighted by molar-refractivity contribution is -0.124. The molecule has 1 aliphatic heterocycles. The van der Waals surface area contributed by atoms with E-state index in [4.69, 9.17) is 4.74 Å². The van der Waals surface area contributed by atoms with Gasteiger partial charge in [-0.05, 0) is 13.0 Å². The molecule has 0 saturated carbocycles. The van der Waals surface area contributed by atoms with Crippen LogP contribution in [-0.2, 0) is 9.53 Å². The molecule has 18 heavy (non-hydrogen) atoms. The second kappa shape index (κ2) is 8.45. The van der Waals surface area contributed by atoms with Gasteiger partial charge < -0.3 is 15.4 Å². The van der Waals surface area contributed by atoms with Crippen LogP contribution in [0.4, 0.5) is 0 Å². The van der Waals surface area contributed by atoms with Crippen LogP contribution in [0.5, 0.6) is 0 Å². The Hall–Kier alpha value is -0.650. The molecule has 2 atom stereocenters. The highest BCUT2D eigenvalue weighted by atomic mass is 16.5. The smallest absolute Gasteiger partial charge is 0.224 e. The van der Waals surface area contributed by atoms with Gasteiger partial charge in [-0.3, -0.25) is 9.69 Å². The molecule has 0 aromatic rings. The first kappa shape index (κ1) is 15.4. The molecule has 2 N–H and O–H groups in total. The van der Waals surface area contributed by atoms with Gasteiger partial charge in [-0.1, -0.05) is 13.8 Å². The first-order valence-electron chi connectivity index (χ1n) is 6.86. The van der Waals surface area contributed by atoms with Crippen molar-refractivity contribution in [2.75, 3.05) is 53.0 Å².